The van der Waals surface area contributed by atoms with Crippen LogP contribution in [0.4, 0.5) is 10.9 Å². The van der Waals surface area contributed by atoms with Crippen molar-refractivity contribution in [2.75, 3.05) is 29.9 Å². The topological polar surface area (TPSA) is 64.5 Å². The van der Waals surface area contributed by atoms with Gasteiger partial charge in [0.25, 0.3) is 0 Å². The van der Waals surface area contributed by atoms with Crippen molar-refractivity contribution in [2.24, 2.45) is 0 Å². The minimum absolute atomic E-state index is 0.135. The van der Waals surface area contributed by atoms with E-state index in [0.717, 1.165) is 34.3 Å². The van der Waals surface area contributed by atoms with Crippen molar-refractivity contribution in [3.8, 4) is 0 Å². The zero-order valence-corrected chi connectivity index (χ0v) is 16.8. The first-order chi connectivity index (χ1) is 13.0. The molecule has 1 fully saturated rings. The molecule has 4 rings (SSSR count). The number of pyridine rings is 1. The molecule has 2 aromatic heterocycles. The average molecular weight is 404 g/mol. The summed E-state index contributed by atoms with van der Waals surface area (Å²) in [6, 6.07) is 9.99. The summed E-state index contributed by atoms with van der Waals surface area (Å²) in [5, 5.41) is 15.2. The molecule has 3 aromatic rings. The third kappa shape index (κ3) is 3.87. The van der Waals surface area contributed by atoms with Gasteiger partial charge in [0.2, 0.25) is 0 Å². The summed E-state index contributed by atoms with van der Waals surface area (Å²) in [5.74, 6) is 0.801. The lowest BCUT2D eigenvalue weighted by Gasteiger charge is -2.42. The predicted octanol–water partition coefficient (Wildman–Crippen LogP) is 3.55. The summed E-state index contributed by atoms with van der Waals surface area (Å²) in [4.78, 5) is 13.2. The smallest absolute Gasteiger partial charge is 0.186 e. The van der Waals surface area contributed by atoms with Gasteiger partial charge in [-0.3, -0.25) is 4.90 Å². The second-order valence-corrected chi connectivity index (χ2v) is 8.29. The van der Waals surface area contributed by atoms with Crippen molar-refractivity contribution in [3.05, 3.63) is 47.1 Å². The van der Waals surface area contributed by atoms with E-state index in [2.05, 4.69) is 40.1 Å². The van der Waals surface area contributed by atoms with Crippen molar-refractivity contribution < 1.29 is 5.11 Å². The molecule has 0 amide bonds. The Morgan fingerprint density at radius 1 is 1.33 bits per heavy atom. The molecule has 142 valence electrons. The summed E-state index contributed by atoms with van der Waals surface area (Å²) in [7, 11) is 0. The Labute approximate surface area is 167 Å². The Kier molecular flexibility index (Phi) is 5.19. The summed E-state index contributed by atoms with van der Waals surface area (Å²) in [6.45, 7) is 6.35. The van der Waals surface area contributed by atoms with Crippen LogP contribution in [-0.2, 0) is 0 Å². The third-order valence-corrected chi connectivity index (χ3v) is 6.07. The molecule has 8 heteroatoms. The largest absolute Gasteiger partial charge is 0.361 e. The van der Waals surface area contributed by atoms with Crippen LogP contribution in [0.2, 0.25) is 5.02 Å². The van der Waals surface area contributed by atoms with Crippen LogP contribution < -0.4 is 10.2 Å². The quantitative estimate of drug-likeness (QED) is 0.649. The van der Waals surface area contributed by atoms with E-state index in [9.17, 15) is 5.11 Å². The van der Waals surface area contributed by atoms with Gasteiger partial charge >= 0.3 is 0 Å². The number of aliphatic hydroxyl groups excluding tert-OH is 1. The van der Waals surface area contributed by atoms with Gasteiger partial charge in [0.1, 0.15) is 5.82 Å². The van der Waals surface area contributed by atoms with E-state index in [1.165, 1.54) is 5.56 Å². The number of hydrogen-bond donors (Lipinski definition) is 2. The van der Waals surface area contributed by atoms with E-state index in [0.29, 0.717) is 11.6 Å². The molecular weight excluding hydrogens is 382 g/mol. The van der Waals surface area contributed by atoms with E-state index in [-0.39, 0.29) is 6.04 Å². The molecule has 0 bridgehead atoms. The van der Waals surface area contributed by atoms with Crippen molar-refractivity contribution in [1.82, 2.24) is 14.9 Å². The number of benzene rings is 1. The SMILES string of the molecule is Cc1ccc2nc(NC(O)N3CCN(c4ncccc4Cl)C[C@H]3C)sc2c1. The summed E-state index contributed by atoms with van der Waals surface area (Å²) in [5.41, 5.74) is 2.15. The molecule has 0 radical (unpaired) electrons. The Morgan fingerprint density at radius 3 is 2.96 bits per heavy atom. The Morgan fingerprint density at radius 2 is 2.19 bits per heavy atom. The zero-order valence-electron chi connectivity index (χ0n) is 15.3. The predicted molar refractivity (Wildman–Crippen MR) is 112 cm³/mol. The third-order valence-electron chi connectivity index (χ3n) is 4.83. The normalized spacial score (nSPS) is 19.4. The fourth-order valence-corrected chi connectivity index (χ4v) is 4.65. The van der Waals surface area contributed by atoms with Crippen LogP contribution in [0.5, 0.6) is 0 Å². The number of anilines is 2. The number of fused-ring (bicyclic) bond motifs is 1. The highest BCUT2D eigenvalue weighted by Gasteiger charge is 2.30. The molecule has 1 aliphatic rings. The number of aromatic nitrogens is 2. The van der Waals surface area contributed by atoms with E-state index in [1.807, 2.05) is 29.2 Å². The number of nitrogens with one attached hydrogen (secondary N) is 1. The van der Waals surface area contributed by atoms with Crippen LogP contribution in [0.1, 0.15) is 12.5 Å². The molecule has 1 saturated heterocycles. The second kappa shape index (κ2) is 7.59. The van der Waals surface area contributed by atoms with Gasteiger partial charge in [0.05, 0.1) is 15.2 Å². The van der Waals surface area contributed by atoms with Gasteiger partial charge in [0, 0.05) is 31.9 Å². The van der Waals surface area contributed by atoms with E-state index in [4.69, 9.17) is 11.6 Å². The summed E-state index contributed by atoms with van der Waals surface area (Å²) >= 11 is 7.83. The van der Waals surface area contributed by atoms with E-state index in [1.54, 1.807) is 17.5 Å². The number of halogens is 1. The number of hydrogen-bond acceptors (Lipinski definition) is 7. The van der Waals surface area contributed by atoms with Crippen molar-refractivity contribution in [1.29, 1.82) is 0 Å². The molecule has 1 aromatic carbocycles. The molecular formula is C19H22ClN5OS. The maximum Gasteiger partial charge on any atom is 0.186 e. The first-order valence-electron chi connectivity index (χ1n) is 8.94. The Hall–Kier alpha value is -1.93. The number of thiazole rings is 1. The molecule has 2 atom stereocenters. The van der Waals surface area contributed by atoms with Crippen LogP contribution >= 0.6 is 22.9 Å². The van der Waals surface area contributed by atoms with Gasteiger partial charge in [-0.15, -0.1) is 0 Å². The zero-order chi connectivity index (χ0) is 19.0. The molecule has 0 spiro atoms. The lowest BCUT2D eigenvalue weighted by Crippen LogP contribution is -2.57. The Balaban J connectivity index is 1.43. The van der Waals surface area contributed by atoms with Gasteiger partial charge in [-0.05, 0) is 43.7 Å². The first kappa shape index (κ1) is 18.4. The highest BCUT2D eigenvalue weighted by molar-refractivity contribution is 7.22. The molecule has 0 aliphatic carbocycles. The average Bonchev–Trinajstić information content (AvgIpc) is 3.03. The molecule has 0 saturated carbocycles. The Bertz CT molecular complexity index is 949. The summed E-state index contributed by atoms with van der Waals surface area (Å²) in [6.07, 6.45) is 0.965. The number of aliphatic hydroxyl groups is 1. The van der Waals surface area contributed by atoms with Crippen LogP contribution in [-0.4, -0.2) is 52.0 Å². The molecule has 6 nitrogen and oxygen atoms in total. The maximum absolute atomic E-state index is 10.7. The van der Waals surface area contributed by atoms with Gasteiger partial charge in [0.15, 0.2) is 11.5 Å². The van der Waals surface area contributed by atoms with Crippen LogP contribution in [0.25, 0.3) is 10.2 Å². The molecule has 2 N–H and O–H groups in total. The maximum atomic E-state index is 10.7. The summed E-state index contributed by atoms with van der Waals surface area (Å²) < 4.78 is 1.12. The number of nitrogens with zero attached hydrogens (tertiary/aromatic N) is 4. The number of aryl methyl sites for hydroxylation is 1. The minimum atomic E-state index is -0.789. The second-order valence-electron chi connectivity index (χ2n) is 6.85. The van der Waals surface area contributed by atoms with E-state index >= 15 is 0 Å². The molecule has 1 unspecified atom stereocenters. The van der Waals surface area contributed by atoms with Gasteiger partial charge < -0.3 is 15.3 Å². The van der Waals surface area contributed by atoms with Gasteiger partial charge in [-0.25, -0.2) is 9.97 Å². The van der Waals surface area contributed by atoms with Gasteiger partial charge in [-0.2, -0.15) is 0 Å². The van der Waals surface area contributed by atoms with Crippen molar-refractivity contribution in [2.45, 2.75) is 26.2 Å². The first-order valence-corrected chi connectivity index (χ1v) is 10.1. The molecule has 1 aliphatic heterocycles. The lowest BCUT2D eigenvalue weighted by atomic mass is 10.2. The fraction of sp³-hybridized carbons (Fsp3) is 0.368. The van der Waals surface area contributed by atoms with Crippen molar-refractivity contribution in [3.63, 3.8) is 0 Å². The molecule has 27 heavy (non-hydrogen) atoms. The number of piperazine rings is 1. The van der Waals surface area contributed by atoms with Crippen LogP contribution in [0, 0.1) is 6.92 Å². The number of rotatable bonds is 4. The van der Waals surface area contributed by atoms with E-state index < -0.39 is 6.35 Å². The van der Waals surface area contributed by atoms with Crippen LogP contribution in [0.15, 0.2) is 36.5 Å². The fourth-order valence-electron chi connectivity index (χ4n) is 3.42. The lowest BCUT2D eigenvalue weighted by molar-refractivity contribution is -0.00538. The highest BCUT2D eigenvalue weighted by atomic mass is 35.5. The standard InChI is InChI=1S/C19H22ClN5OS/c1-12-5-6-15-16(10-12)27-18(22-15)23-19(26)25-9-8-24(11-13(25)2)17-14(20)4-3-7-21-17/h3-7,10,13,19,26H,8-9,11H2,1-2H3,(H,22,23)/t13-,19?/m1/s1. The monoisotopic (exact) mass is 403 g/mol. The highest BCUT2D eigenvalue weighted by Crippen LogP contribution is 2.28. The molecule has 3 heterocycles. The van der Waals surface area contributed by atoms with Gasteiger partial charge in [-0.1, -0.05) is 29.0 Å². The van der Waals surface area contributed by atoms with Crippen molar-refractivity contribution >= 4 is 44.1 Å². The van der Waals surface area contributed by atoms with Crippen LogP contribution in [0.3, 0.4) is 0 Å². The minimum Gasteiger partial charge on any atom is -0.361 e.